The molecule has 0 aromatic heterocycles. The van der Waals surface area contributed by atoms with Crippen molar-refractivity contribution in [1.82, 2.24) is 9.96 Å². The quantitative estimate of drug-likeness (QED) is 0.0829. The number of nitro groups is 1. The highest BCUT2D eigenvalue weighted by atomic mass is 31.1. The van der Waals surface area contributed by atoms with Crippen molar-refractivity contribution in [2.45, 2.75) is 26.0 Å². The maximum absolute atomic E-state index is 14.1. The van der Waals surface area contributed by atoms with Gasteiger partial charge in [-0.2, -0.15) is 0 Å². The second-order valence-corrected chi connectivity index (χ2v) is 10.7. The molecule has 0 N–H and O–H groups in total. The zero-order valence-corrected chi connectivity index (χ0v) is 26.4. The number of nitro benzene ring substituents is 1. The average molecular weight is 618 g/mol. The summed E-state index contributed by atoms with van der Waals surface area (Å²) in [6.45, 7) is 4.82. The topological polar surface area (TPSA) is 130 Å². The van der Waals surface area contributed by atoms with Crippen LogP contribution in [0.1, 0.15) is 25.0 Å². The smallest absolute Gasteiger partial charge is 0.339 e. The van der Waals surface area contributed by atoms with Gasteiger partial charge in [0.25, 0.3) is 5.69 Å². The first kappa shape index (κ1) is 34.1. The normalized spacial score (nSPS) is 17.4. The molecule has 2 atom stereocenters. The van der Waals surface area contributed by atoms with E-state index in [4.69, 9.17) is 23.8 Å². The third-order valence-electron chi connectivity index (χ3n) is 7.01. The highest BCUT2D eigenvalue weighted by Gasteiger charge is 2.54. The molecule has 0 radical (unpaired) electrons. The monoisotopic (exact) mass is 617 g/mol. The first-order chi connectivity index (χ1) is 20.7. The Morgan fingerprint density at radius 1 is 0.953 bits per heavy atom. The van der Waals surface area contributed by atoms with Crippen molar-refractivity contribution >= 4 is 20.1 Å². The molecule has 234 valence electrons. The molecule has 0 saturated heterocycles. The number of methoxy groups -OCH3 is 2. The molecule has 1 aliphatic heterocycles. The van der Waals surface area contributed by atoms with Crippen molar-refractivity contribution in [1.29, 1.82) is 0 Å². The van der Waals surface area contributed by atoms with Crippen LogP contribution in [-0.4, -0.2) is 81.7 Å². The molecule has 0 bridgehead atoms. The van der Waals surface area contributed by atoms with Gasteiger partial charge in [0, 0.05) is 38.7 Å². The molecule has 12 nitrogen and oxygen atoms in total. The third-order valence-corrected chi connectivity index (χ3v) is 8.07. The number of hydroxylamine groups is 2. The van der Waals surface area contributed by atoms with Crippen molar-refractivity contribution < 1.29 is 38.1 Å². The number of para-hydroxylation sites is 1. The first-order valence-electron chi connectivity index (χ1n) is 13.8. The lowest BCUT2D eigenvalue weighted by molar-refractivity contribution is -0.386. The number of hydrogen-bond acceptors (Lipinski definition) is 11. The van der Waals surface area contributed by atoms with E-state index in [2.05, 4.69) is 0 Å². The van der Waals surface area contributed by atoms with Gasteiger partial charge in [-0.15, -0.1) is 0 Å². The Balaban J connectivity index is 2.11. The molecule has 0 amide bonds. The van der Waals surface area contributed by atoms with E-state index in [9.17, 15) is 19.5 Å². The number of esters is 1. The van der Waals surface area contributed by atoms with Gasteiger partial charge in [0.2, 0.25) is 0 Å². The van der Waals surface area contributed by atoms with Crippen LogP contribution in [-0.2, 0) is 45.3 Å². The molecule has 13 heteroatoms. The largest absolute Gasteiger partial charge is 0.461 e. The van der Waals surface area contributed by atoms with Gasteiger partial charge in [0.05, 0.1) is 56.8 Å². The number of allylic oxidation sites excluding steroid dienone is 2. The summed E-state index contributed by atoms with van der Waals surface area (Å²) >= 11 is 0. The summed E-state index contributed by atoms with van der Waals surface area (Å²) in [5.41, 5.74) is -0.439. The second kappa shape index (κ2) is 16.5. The third kappa shape index (κ3) is 7.97. The van der Waals surface area contributed by atoms with Crippen LogP contribution in [0.25, 0.3) is 0 Å². The Labute approximate surface area is 253 Å². The lowest BCUT2D eigenvalue weighted by Crippen LogP contribution is -2.46. The number of nitrogens with zero attached hydrogens (tertiary/aromatic N) is 3. The van der Waals surface area contributed by atoms with Crippen molar-refractivity contribution in [3.05, 3.63) is 98.1 Å². The molecule has 2 unspecified atom stereocenters. The molecule has 2 aromatic carbocycles. The van der Waals surface area contributed by atoms with Crippen LogP contribution in [0.4, 0.5) is 5.69 Å². The number of rotatable bonds is 17. The summed E-state index contributed by atoms with van der Waals surface area (Å²) < 4.78 is 35.6. The minimum Gasteiger partial charge on any atom is -0.461 e. The van der Waals surface area contributed by atoms with Crippen LogP contribution in [0.5, 0.6) is 0 Å². The van der Waals surface area contributed by atoms with E-state index in [0.717, 1.165) is 5.56 Å². The van der Waals surface area contributed by atoms with E-state index in [1.165, 1.54) is 37.5 Å². The van der Waals surface area contributed by atoms with E-state index in [0.29, 0.717) is 18.8 Å². The summed E-state index contributed by atoms with van der Waals surface area (Å²) in [6, 6.07) is 15.8. The fraction of sp³-hybridized carbons (Fsp3) is 0.433. The number of likely N-dealkylation sites (N-methyl/N-ethyl adjacent to an activating group) is 1. The van der Waals surface area contributed by atoms with Gasteiger partial charge in [-0.3, -0.25) is 19.9 Å². The molecule has 2 aromatic rings. The minimum absolute atomic E-state index is 0.0246. The fourth-order valence-electron chi connectivity index (χ4n) is 5.03. The van der Waals surface area contributed by atoms with E-state index >= 15 is 0 Å². The van der Waals surface area contributed by atoms with Crippen LogP contribution in [0.2, 0.25) is 0 Å². The highest BCUT2D eigenvalue weighted by Crippen LogP contribution is 2.54. The molecule has 1 aliphatic rings. The number of carbonyl (C=O) groups excluding carboxylic acids is 1. The van der Waals surface area contributed by atoms with E-state index < -0.39 is 25.0 Å². The van der Waals surface area contributed by atoms with Crippen LogP contribution >= 0.6 is 8.46 Å². The summed E-state index contributed by atoms with van der Waals surface area (Å²) in [4.78, 5) is 33.7. The number of ether oxygens (including phenoxy) is 4. The summed E-state index contributed by atoms with van der Waals surface area (Å²) in [5, 5.41) is 13.8. The second-order valence-electron chi connectivity index (χ2n) is 9.85. The fourth-order valence-corrected chi connectivity index (χ4v) is 5.87. The Hall–Kier alpha value is -3.38. The number of benzene rings is 2. The number of carbonyl (C=O) groups is 1. The predicted molar refractivity (Wildman–Crippen MR) is 162 cm³/mol. The molecule has 43 heavy (non-hydrogen) atoms. The van der Waals surface area contributed by atoms with Crippen LogP contribution in [0, 0.1) is 10.1 Å². The predicted octanol–water partition coefficient (Wildman–Crippen LogP) is 4.28. The highest BCUT2D eigenvalue weighted by molar-refractivity contribution is 7.29. The Kier molecular flexibility index (Phi) is 13.1. The molecular formula is C30H40N3O9P. The molecular weight excluding hydrogens is 577 g/mol. The van der Waals surface area contributed by atoms with E-state index in [1.807, 2.05) is 42.3 Å². The van der Waals surface area contributed by atoms with Gasteiger partial charge in [0.15, 0.2) is 5.60 Å². The average Bonchev–Trinajstić information content (AvgIpc) is 2.99. The SMILES string of the molecule is COCCON1C(C)=C([PH2]=O)C(OCCOC)(c2ccccc2[N+](=O)[O-])C(C(=O)OCCN(C)Cc2ccccc2)=C1C. The molecule has 3 rings (SSSR count). The van der Waals surface area contributed by atoms with E-state index in [-0.39, 0.29) is 60.9 Å². The summed E-state index contributed by atoms with van der Waals surface area (Å²) in [5.74, 6) is -0.778. The summed E-state index contributed by atoms with van der Waals surface area (Å²) in [6.07, 6.45) is 0. The minimum atomic E-state index is -1.90. The maximum Gasteiger partial charge on any atom is 0.339 e. The van der Waals surface area contributed by atoms with Crippen LogP contribution in [0.15, 0.2) is 76.9 Å². The Morgan fingerprint density at radius 3 is 2.26 bits per heavy atom. The Bertz CT molecular complexity index is 1340. The van der Waals surface area contributed by atoms with Crippen molar-refractivity contribution in [2.75, 3.05) is 60.8 Å². The van der Waals surface area contributed by atoms with Crippen molar-refractivity contribution in [3.8, 4) is 0 Å². The van der Waals surface area contributed by atoms with Gasteiger partial charge >= 0.3 is 5.97 Å². The lowest BCUT2D eigenvalue weighted by Gasteiger charge is -2.43. The van der Waals surface area contributed by atoms with Gasteiger partial charge in [-0.1, -0.05) is 42.5 Å². The molecule has 0 aliphatic carbocycles. The van der Waals surface area contributed by atoms with Crippen molar-refractivity contribution in [3.63, 3.8) is 0 Å². The molecule has 0 fully saturated rings. The Morgan fingerprint density at radius 2 is 1.60 bits per heavy atom. The molecule has 1 heterocycles. The lowest BCUT2D eigenvalue weighted by atomic mass is 9.80. The van der Waals surface area contributed by atoms with E-state index in [1.54, 1.807) is 19.9 Å². The van der Waals surface area contributed by atoms with Crippen LogP contribution < -0.4 is 0 Å². The van der Waals surface area contributed by atoms with Gasteiger partial charge in [-0.05, 0) is 32.5 Å². The first-order valence-corrected chi connectivity index (χ1v) is 14.8. The molecule has 0 spiro atoms. The summed E-state index contributed by atoms with van der Waals surface area (Å²) in [7, 11) is 3.15. The zero-order chi connectivity index (χ0) is 31.4. The maximum atomic E-state index is 14.1. The zero-order valence-electron chi connectivity index (χ0n) is 25.2. The molecule has 0 saturated carbocycles. The van der Waals surface area contributed by atoms with Gasteiger partial charge in [0.1, 0.15) is 12.2 Å². The van der Waals surface area contributed by atoms with Crippen molar-refractivity contribution in [2.24, 2.45) is 0 Å². The van der Waals surface area contributed by atoms with Gasteiger partial charge in [-0.25, -0.2) is 9.86 Å². The van der Waals surface area contributed by atoms with Crippen LogP contribution in [0.3, 0.4) is 0 Å². The van der Waals surface area contributed by atoms with Gasteiger partial charge < -0.3 is 23.5 Å². The number of hydrogen-bond donors (Lipinski definition) is 0. The standard InChI is InChI=1S/C30H40N3O9P/c1-22-27(29(34)40-16-15-31(3)21-24-11-7-6-8-12-24)30(41-19-17-38-4,25-13-9-10-14-26(25)33(35)36)28(43-37)23(2)32(22)42-20-18-39-5/h6-14H,15-21,43H2,1-5H3.